The van der Waals surface area contributed by atoms with Crippen molar-refractivity contribution >= 4 is 11.6 Å². The molecule has 1 rings (SSSR count). The number of benzene rings is 1. The second-order valence-corrected chi connectivity index (χ2v) is 6.92. The summed E-state index contributed by atoms with van der Waals surface area (Å²) in [6, 6.07) is 7.36. The van der Waals surface area contributed by atoms with Gasteiger partial charge in [0, 0.05) is 12.1 Å². The van der Waals surface area contributed by atoms with Crippen LogP contribution in [0.5, 0.6) is 0 Å². The number of aliphatic hydroxyl groups excluding tert-OH is 1. The van der Waals surface area contributed by atoms with Crippen molar-refractivity contribution in [2.45, 2.75) is 53.6 Å². The lowest BCUT2D eigenvalue weighted by Crippen LogP contribution is -2.19. The highest BCUT2D eigenvalue weighted by Crippen LogP contribution is 2.26. The third-order valence-corrected chi connectivity index (χ3v) is 3.15. The van der Waals surface area contributed by atoms with Crippen LogP contribution in [0.4, 0.5) is 5.69 Å². The maximum absolute atomic E-state index is 12.0. The lowest BCUT2D eigenvalue weighted by Gasteiger charge is -2.22. The Bertz CT molecular complexity index is 447. The molecule has 2 N–H and O–H groups in total. The molecule has 0 heterocycles. The van der Waals surface area contributed by atoms with Gasteiger partial charge in [-0.1, -0.05) is 39.8 Å². The summed E-state index contributed by atoms with van der Waals surface area (Å²) in [7, 11) is 0. The van der Waals surface area contributed by atoms with Crippen molar-refractivity contribution in [3.8, 4) is 0 Å². The number of amides is 1. The van der Waals surface area contributed by atoms with Gasteiger partial charge in [0.15, 0.2) is 0 Å². The number of carbonyl (C=O) groups excluding carboxylic acids is 1. The summed E-state index contributed by atoms with van der Waals surface area (Å²) in [5.41, 5.74) is 1.80. The highest BCUT2D eigenvalue weighted by atomic mass is 16.3. The topological polar surface area (TPSA) is 49.3 Å². The molecular weight excluding hydrogens is 250 g/mol. The first-order valence-corrected chi connectivity index (χ1v) is 7.25. The number of nitrogens with one attached hydrogen (secondary N) is 1. The van der Waals surface area contributed by atoms with Gasteiger partial charge in [0.05, 0.1) is 6.10 Å². The predicted octanol–water partition coefficient (Wildman–Crippen LogP) is 4.14. The molecule has 112 valence electrons. The molecule has 2 atom stereocenters. The van der Waals surface area contributed by atoms with E-state index in [1.165, 1.54) is 0 Å². The minimum Gasteiger partial charge on any atom is -0.389 e. The molecule has 20 heavy (non-hydrogen) atoms. The maximum atomic E-state index is 12.0. The lowest BCUT2D eigenvalue weighted by molar-refractivity contribution is -0.117. The standard InChI is InChI=1S/C17H27NO2/c1-12(11-17(3,4)5)9-16(20)18-15-8-6-7-14(10-15)13(2)19/h6-8,10,12-13,19H,9,11H2,1-5H3,(H,18,20). The van der Waals surface area contributed by atoms with E-state index in [1.54, 1.807) is 6.92 Å². The molecule has 0 aliphatic rings. The molecule has 1 aromatic carbocycles. The number of carbonyl (C=O) groups is 1. The summed E-state index contributed by atoms with van der Waals surface area (Å²) in [6.07, 6.45) is 1.02. The van der Waals surface area contributed by atoms with E-state index >= 15 is 0 Å². The van der Waals surface area contributed by atoms with Crippen LogP contribution in [0.3, 0.4) is 0 Å². The zero-order valence-electron chi connectivity index (χ0n) is 13.2. The van der Waals surface area contributed by atoms with Crippen molar-refractivity contribution in [1.82, 2.24) is 0 Å². The van der Waals surface area contributed by atoms with E-state index in [9.17, 15) is 9.90 Å². The van der Waals surface area contributed by atoms with Gasteiger partial charge in [0.25, 0.3) is 0 Å². The van der Waals surface area contributed by atoms with E-state index < -0.39 is 6.10 Å². The van der Waals surface area contributed by atoms with Gasteiger partial charge in [-0.25, -0.2) is 0 Å². The van der Waals surface area contributed by atoms with Crippen LogP contribution in [-0.4, -0.2) is 11.0 Å². The largest absolute Gasteiger partial charge is 0.389 e. The average molecular weight is 277 g/mol. The fraction of sp³-hybridized carbons (Fsp3) is 0.588. The molecule has 0 aliphatic heterocycles. The van der Waals surface area contributed by atoms with E-state index in [-0.39, 0.29) is 11.3 Å². The van der Waals surface area contributed by atoms with E-state index in [2.05, 4.69) is 33.0 Å². The Morgan fingerprint density at radius 3 is 2.50 bits per heavy atom. The predicted molar refractivity (Wildman–Crippen MR) is 83.6 cm³/mol. The van der Waals surface area contributed by atoms with Gasteiger partial charge in [-0.2, -0.15) is 0 Å². The second-order valence-electron chi connectivity index (χ2n) is 6.92. The Labute approximate surface area is 122 Å². The zero-order chi connectivity index (χ0) is 15.3. The van der Waals surface area contributed by atoms with Gasteiger partial charge >= 0.3 is 0 Å². The number of aliphatic hydroxyl groups is 1. The Morgan fingerprint density at radius 2 is 1.95 bits per heavy atom. The van der Waals surface area contributed by atoms with Crippen molar-refractivity contribution in [2.75, 3.05) is 5.32 Å². The van der Waals surface area contributed by atoms with Crippen LogP contribution in [0.25, 0.3) is 0 Å². The fourth-order valence-electron chi connectivity index (χ4n) is 2.52. The second kappa shape index (κ2) is 6.89. The molecule has 3 nitrogen and oxygen atoms in total. The Kier molecular flexibility index (Phi) is 5.75. The van der Waals surface area contributed by atoms with E-state index in [4.69, 9.17) is 0 Å². The van der Waals surface area contributed by atoms with Gasteiger partial charge < -0.3 is 10.4 Å². The average Bonchev–Trinajstić information content (AvgIpc) is 2.25. The summed E-state index contributed by atoms with van der Waals surface area (Å²) in [6.45, 7) is 10.4. The van der Waals surface area contributed by atoms with Crippen molar-refractivity contribution in [1.29, 1.82) is 0 Å². The molecule has 0 spiro atoms. The lowest BCUT2D eigenvalue weighted by atomic mass is 9.84. The summed E-state index contributed by atoms with van der Waals surface area (Å²) in [5, 5.41) is 12.4. The SMILES string of the molecule is CC(CC(=O)Nc1cccc(C(C)O)c1)CC(C)(C)C. The van der Waals surface area contributed by atoms with Crippen LogP contribution < -0.4 is 5.32 Å². The van der Waals surface area contributed by atoms with Gasteiger partial charge in [-0.3, -0.25) is 4.79 Å². The normalized spacial score (nSPS) is 14.7. The van der Waals surface area contributed by atoms with Gasteiger partial charge in [0.1, 0.15) is 0 Å². The smallest absolute Gasteiger partial charge is 0.224 e. The number of anilines is 1. The number of hydrogen-bond donors (Lipinski definition) is 2. The van der Waals surface area contributed by atoms with Crippen LogP contribution >= 0.6 is 0 Å². The van der Waals surface area contributed by atoms with E-state index in [0.29, 0.717) is 12.3 Å². The first kappa shape index (κ1) is 16.7. The molecule has 0 fully saturated rings. The molecule has 0 saturated heterocycles. The molecular formula is C17H27NO2. The monoisotopic (exact) mass is 277 g/mol. The molecule has 1 aromatic rings. The maximum Gasteiger partial charge on any atom is 0.224 e. The highest BCUT2D eigenvalue weighted by Gasteiger charge is 2.17. The van der Waals surface area contributed by atoms with Crippen LogP contribution in [0, 0.1) is 11.3 Å². The molecule has 0 saturated carbocycles. The molecule has 0 radical (unpaired) electrons. The van der Waals surface area contributed by atoms with Crippen LogP contribution in [-0.2, 0) is 4.79 Å². The minimum atomic E-state index is -0.522. The molecule has 0 bridgehead atoms. The quantitative estimate of drug-likeness (QED) is 0.849. The zero-order valence-corrected chi connectivity index (χ0v) is 13.2. The minimum absolute atomic E-state index is 0.0319. The molecule has 1 amide bonds. The van der Waals surface area contributed by atoms with E-state index in [0.717, 1.165) is 17.7 Å². The van der Waals surface area contributed by atoms with Crippen LogP contribution in [0.2, 0.25) is 0 Å². The van der Waals surface area contributed by atoms with Crippen molar-refractivity contribution in [3.63, 3.8) is 0 Å². The van der Waals surface area contributed by atoms with Gasteiger partial charge in [-0.05, 0) is 42.4 Å². The molecule has 2 unspecified atom stereocenters. The van der Waals surface area contributed by atoms with Crippen LogP contribution in [0.15, 0.2) is 24.3 Å². The Hall–Kier alpha value is -1.35. The first-order valence-electron chi connectivity index (χ1n) is 7.25. The fourth-order valence-corrected chi connectivity index (χ4v) is 2.52. The Morgan fingerprint density at radius 1 is 1.30 bits per heavy atom. The summed E-state index contributed by atoms with van der Waals surface area (Å²) < 4.78 is 0. The third kappa shape index (κ3) is 6.20. The highest BCUT2D eigenvalue weighted by molar-refractivity contribution is 5.90. The summed E-state index contributed by atoms with van der Waals surface area (Å²) in [4.78, 5) is 12.0. The van der Waals surface area contributed by atoms with Crippen LogP contribution in [0.1, 0.15) is 59.1 Å². The first-order chi connectivity index (χ1) is 9.17. The molecule has 0 aliphatic carbocycles. The van der Waals surface area contributed by atoms with Gasteiger partial charge in [-0.15, -0.1) is 0 Å². The Balaban J connectivity index is 2.56. The number of hydrogen-bond acceptors (Lipinski definition) is 2. The van der Waals surface area contributed by atoms with Crippen molar-refractivity contribution in [3.05, 3.63) is 29.8 Å². The summed E-state index contributed by atoms with van der Waals surface area (Å²) >= 11 is 0. The molecule has 0 aromatic heterocycles. The summed E-state index contributed by atoms with van der Waals surface area (Å²) in [5.74, 6) is 0.388. The van der Waals surface area contributed by atoms with E-state index in [1.807, 2.05) is 24.3 Å². The van der Waals surface area contributed by atoms with Gasteiger partial charge in [0.2, 0.25) is 5.91 Å². The van der Waals surface area contributed by atoms with Crippen molar-refractivity contribution < 1.29 is 9.90 Å². The molecule has 3 heteroatoms. The third-order valence-electron chi connectivity index (χ3n) is 3.15. The number of rotatable bonds is 5. The van der Waals surface area contributed by atoms with Crippen molar-refractivity contribution in [2.24, 2.45) is 11.3 Å².